The van der Waals surface area contributed by atoms with Crippen molar-refractivity contribution in [2.75, 3.05) is 0 Å². The monoisotopic (exact) mass is 332 g/mol. The van der Waals surface area contributed by atoms with E-state index >= 15 is 0 Å². The third-order valence-electron chi connectivity index (χ3n) is 4.05. The molecule has 2 heterocycles. The summed E-state index contributed by atoms with van der Waals surface area (Å²) >= 11 is 1.53. The second-order valence-electron chi connectivity index (χ2n) is 5.85. The van der Waals surface area contributed by atoms with Crippen molar-refractivity contribution in [2.24, 2.45) is 0 Å². The van der Waals surface area contributed by atoms with Gasteiger partial charge in [0.25, 0.3) is 11.8 Å². The maximum Gasteiger partial charge on any atom is 0.279 e. The number of hydrogen-bond donors (Lipinski definition) is 2. The molecule has 0 saturated carbocycles. The van der Waals surface area contributed by atoms with Gasteiger partial charge in [0.05, 0.1) is 10.4 Å². The summed E-state index contributed by atoms with van der Waals surface area (Å²) in [5, 5.41) is 0. The van der Waals surface area contributed by atoms with Crippen LogP contribution in [0, 0.1) is 13.8 Å². The molecule has 1 aliphatic rings. The lowest BCUT2D eigenvalue weighted by molar-refractivity contribution is 0.0848. The molecule has 2 N–H and O–H groups in total. The average Bonchev–Trinajstić information content (AvgIpc) is 3.00. The zero-order valence-electron chi connectivity index (χ0n) is 13.3. The lowest BCUT2D eigenvalue weighted by Crippen LogP contribution is -2.41. The zero-order chi connectivity index (χ0) is 16.4. The summed E-state index contributed by atoms with van der Waals surface area (Å²) in [5.74, 6) is 0.568. The molecule has 0 radical (unpaired) electrons. The third kappa shape index (κ3) is 3.47. The number of aryl methyl sites for hydroxylation is 4. The Kier molecular flexibility index (Phi) is 4.52. The minimum atomic E-state index is -0.370. The lowest BCUT2D eigenvalue weighted by atomic mass is 10.1. The van der Waals surface area contributed by atoms with Crippen LogP contribution in [0.15, 0.2) is 16.5 Å². The van der Waals surface area contributed by atoms with Crippen LogP contribution in [0.1, 0.15) is 61.3 Å². The summed E-state index contributed by atoms with van der Waals surface area (Å²) < 4.78 is 5.32. The smallest absolute Gasteiger partial charge is 0.279 e. The van der Waals surface area contributed by atoms with Crippen molar-refractivity contribution in [1.82, 2.24) is 10.9 Å². The minimum Gasteiger partial charge on any atom is -0.466 e. The lowest BCUT2D eigenvalue weighted by Gasteiger charge is -2.05. The Morgan fingerprint density at radius 1 is 1.04 bits per heavy atom. The van der Waals surface area contributed by atoms with Crippen molar-refractivity contribution >= 4 is 23.2 Å². The minimum absolute atomic E-state index is 0.269. The molecule has 0 saturated heterocycles. The zero-order valence-corrected chi connectivity index (χ0v) is 14.1. The number of nitrogens with one attached hydrogen (secondary N) is 2. The summed E-state index contributed by atoms with van der Waals surface area (Å²) in [4.78, 5) is 26.3. The number of amides is 2. The Morgan fingerprint density at radius 3 is 2.52 bits per heavy atom. The topological polar surface area (TPSA) is 71.3 Å². The molecule has 0 aromatic carbocycles. The highest BCUT2D eigenvalue weighted by atomic mass is 32.1. The number of hydrogen-bond acceptors (Lipinski definition) is 4. The summed E-state index contributed by atoms with van der Waals surface area (Å²) in [6.07, 6.45) is 5.71. The van der Waals surface area contributed by atoms with Gasteiger partial charge in [0.2, 0.25) is 0 Å². The fraction of sp³-hybridized carbons (Fsp3) is 0.412. The predicted molar refractivity (Wildman–Crippen MR) is 88.7 cm³/mol. The normalized spacial score (nSPS) is 14.0. The number of carbonyl (C=O) groups is 2. The van der Waals surface area contributed by atoms with E-state index in [-0.39, 0.29) is 11.8 Å². The molecule has 1 aliphatic carbocycles. The van der Waals surface area contributed by atoms with Gasteiger partial charge in [-0.1, -0.05) is 6.42 Å². The van der Waals surface area contributed by atoms with Crippen molar-refractivity contribution < 1.29 is 14.0 Å². The van der Waals surface area contributed by atoms with E-state index in [1.165, 1.54) is 41.0 Å². The van der Waals surface area contributed by atoms with Gasteiger partial charge in [-0.3, -0.25) is 20.4 Å². The highest BCUT2D eigenvalue weighted by molar-refractivity contribution is 7.14. The van der Waals surface area contributed by atoms with Gasteiger partial charge >= 0.3 is 0 Å². The van der Waals surface area contributed by atoms with Gasteiger partial charge in [0.1, 0.15) is 11.5 Å². The predicted octanol–water partition coefficient (Wildman–Crippen LogP) is 3.30. The fourth-order valence-electron chi connectivity index (χ4n) is 2.88. The molecule has 0 fully saturated rings. The van der Waals surface area contributed by atoms with Gasteiger partial charge in [0, 0.05) is 4.88 Å². The summed E-state index contributed by atoms with van der Waals surface area (Å²) in [6, 6.07) is 3.62. The van der Waals surface area contributed by atoms with Gasteiger partial charge in [-0.2, -0.15) is 0 Å². The molecule has 5 nitrogen and oxygen atoms in total. The van der Waals surface area contributed by atoms with Gasteiger partial charge in [-0.25, -0.2) is 0 Å². The summed E-state index contributed by atoms with van der Waals surface area (Å²) in [5.41, 5.74) is 6.66. The molecule has 2 aromatic rings. The molecule has 23 heavy (non-hydrogen) atoms. The van der Waals surface area contributed by atoms with Crippen LogP contribution in [0.5, 0.6) is 0 Å². The van der Waals surface area contributed by atoms with Gasteiger partial charge in [-0.05, 0) is 57.2 Å². The van der Waals surface area contributed by atoms with Crippen LogP contribution < -0.4 is 10.9 Å². The Hall–Kier alpha value is -2.08. The first-order chi connectivity index (χ1) is 11.0. The number of fused-ring (bicyclic) bond motifs is 1. The molecule has 0 spiro atoms. The summed E-state index contributed by atoms with van der Waals surface area (Å²) in [7, 11) is 0. The molecule has 6 heteroatoms. The molecule has 0 unspecified atom stereocenters. The Labute approximate surface area is 139 Å². The summed E-state index contributed by atoms with van der Waals surface area (Å²) in [6.45, 7) is 3.50. The molecule has 2 amide bonds. The molecular formula is C17H20N2O3S. The highest BCUT2D eigenvalue weighted by Gasteiger charge is 2.18. The van der Waals surface area contributed by atoms with E-state index in [2.05, 4.69) is 10.9 Å². The first kappa shape index (κ1) is 15.8. The van der Waals surface area contributed by atoms with Crippen molar-refractivity contribution in [3.8, 4) is 0 Å². The van der Waals surface area contributed by atoms with Crippen molar-refractivity contribution in [2.45, 2.75) is 46.0 Å². The van der Waals surface area contributed by atoms with Crippen LogP contribution in [0.2, 0.25) is 0 Å². The van der Waals surface area contributed by atoms with E-state index < -0.39 is 0 Å². The molecule has 0 atom stereocenters. The van der Waals surface area contributed by atoms with Crippen molar-refractivity contribution in [3.05, 3.63) is 44.5 Å². The van der Waals surface area contributed by atoms with Crippen molar-refractivity contribution in [3.63, 3.8) is 0 Å². The second kappa shape index (κ2) is 6.58. The number of rotatable bonds is 2. The highest BCUT2D eigenvalue weighted by Crippen LogP contribution is 2.28. The van der Waals surface area contributed by atoms with E-state index in [0.29, 0.717) is 22.0 Å². The first-order valence-corrected chi connectivity index (χ1v) is 8.65. The van der Waals surface area contributed by atoms with E-state index in [0.717, 1.165) is 12.8 Å². The van der Waals surface area contributed by atoms with E-state index in [1.54, 1.807) is 19.9 Å². The maximum atomic E-state index is 12.2. The number of thiophene rings is 1. The largest absolute Gasteiger partial charge is 0.466 e. The van der Waals surface area contributed by atoms with E-state index in [4.69, 9.17) is 4.42 Å². The Morgan fingerprint density at radius 2 is 1.78 bits per heavy atom. The Bertz CT molecular complexity index is 722. The van der Waals surface area contributed by atoms with Crippen LogP contribution in [-0.4, -0.2) is 11.8 Å². The maximum absolute atomic E-state index is 12.2. The Balaban J connectivity index is 1.63. The van der Waals surface area contributed by atoms with E-state index in [1.807, 2.05) is 6.07 Å². The van der Waals surface area contributed by atoms with Gasteiger partial charge in [0.15, 0.2) is 0 Å². The SMILES string of the molecule is Cc1cc(C(=O)NNC(=O)c2cc3c(s2)CCCCC3)c(C)o1. The van der Waals surface area contributed by atoms with Crippen molar-refractivity contribution in [1.29, 1.82) is 0 Å². The molecule has 122 valence electrons. The third-order valence-corrected chi connectivity index (χ3v) is 5.28. The molecule has 3 rings (SSSR count). The van der Waals surface area contributed by atoms with Gasteiger partial charge in [-0.15, -0.1) is 11.3 Å². The van der Waals surface area contributed by atoms with Crippen LogP contribution >= 0.6 is 11.3 Å². The van der Waals surface area contributed by atoms with Crippen LogP contribution in [-0.2, 0) is 12.8 Å². The average molecular weight is 332 g/mol. The number of furan rings is 1. The molecule has 2 aromatic heterocycles. The molecular weight excluding hydrogens is 312 g/mol. The molecule has 0 aliphatic heterocycles. The standard InChI is InChI=1S/C17H20N2O3S/c1-10-8-13(11(2)22-10)16(20)18-19-17(21)15-9-12-6-4-3-5-7-14(12)23-15/h8-9H,3-7H2,1-2H3,(H,18,20)(H,19,21). The second-order valence-corrected chi connectivity index (χ2v) is 6.99. The van der Waals surface area contributed by atoms with Crippen LogP contribution in [0.3, 0.4) is 0 Å². The number of carbonyl (C=O) groups excluding carboxylic acids is 2. The van der Waals surface area contributed by atoms with Crippen LogP contribution in [0.25, 0.3) is 0 Å². The van der Waals surface area contributed by atoms with Gasteiger partial charge < -0.3 is 4.42 Å². The van der Waals surface area contributed by atoms with E-state index in [9.17, 15) is 9.59 Å². The quantitative estimate of drug-likeness (QED) is 0.655. The molecule has 0 bridgehead atoms. The fourth-order valence-corrected chi connectivity index (χ4v) is 4.03. The van der Waals surface area contributed by atoms with Crippen LogP contribution in [0.4, 0.5) is 0 Å². The number of hydrazine groups is 1. The first-order valence-electron chi connectivity index (χ1n) is 7.84.